The van der Waals surface area contributed by atoms with Crippen LogP contribution in [0.25, 0.3) is 0 Å². The number of unbranched alkanes of at least 4 members (excludes halogenated alkanes) is 6. The van der Waals surface area contributed by atoms with Crippen LogP contribution in [0.5, 0.6) is 0 Å². The molecule has 0 aromatic rings. The van der Waals surface area contributed by atoms with E-state index in [9.17, 15) is 0 Å². The first-order chi connectivity index (χ1) is 18.6. The third-order valence-corrected chi connectivity index (χ3v) is 12.2. The molecular weight excluding hydrogens is 468 g/mol. The smallest absolute Gasteiger partial charge is 0.0321 e. The maximum atomic E-state index is 2.62. The maximum Gasteiger partial charge on any atom is -0.0321 e. The maximum absolute atomic E-state index is 2.62. The largest absolute Gasteiger partial charge is 0.0654 e. The van der Waals surface area contributed by atoms with E-state index in [4.69, 9.17) is 0 Å². The lowest BCUT2D eigenvalue weighted by Crippen LogP contribution is -2.20. The van der Waals surface area contributed by atoms with E-state index in [0.717, 1.165) is 71.0 Å². The summed E-state index contributed by atoms with van der Waals surface area (Å²) in [5, 5.41) is 0. The number of rotatable bonds is 24. The van der Waals surface area contributed by atoms with Crippen molar-refractivity contribution in [2.24, 2.45) is 71.0 Å². The highest BCUT2D eigenvalue weighted by Gasteiger charge is 2.60. The number of hydrogen-bond acceptors (Lipinski definition) is 0. The first-order valence-electron chi connectivity index (χ1n) is 18.6. The molecule has 2 saturated carbocycles. The Morgan fingerprint density at radius 1 is 0.564 bits per heavy atom. The van der Waals surface area contributed by atoms with E-state index in [1.54, 1.807) is 6.42 Å². The molecule has 2 rings (SSSR count). The molecule has 0 radical (unpaired) electrons. The van der Waals surface area contributed by atoms with Gasteiger partial charge in [0.1, 0.15) is 0 Å². The Morgan fingerprint density at radius 2 is 1.10 bits per heavy atom. The van der Waals surface area contributed by atoms with E-state index >= 15 is 0 Å². The van der Waals surface area contributed by atoms with Gasteiger partial charge in [0.25, 0.3) is 0 Å². The van der Waals surface area contributed by atoms with E-state index in [2.05, 4.69) is 69.2 Å². The van der Waals surface area contributed by atoms with Gasteiger partial charge in [-0.15, -0.1) is 0 Å². The molecule has 0 aliphatic heterocycles. The SMILES string of the molecule is CCCCCCC(C)C1C(C)C1C1CC1C(C)C(C)CCCCC(C)C(CCC)C(C)CCCCCC(C)C. The van der Waals surface area contributed by atoms with Crippen LogP contribution in [0, 0.1) is 71.0 Å². The Labute approximate surface area is 249 Å². The van der Waals surface area contributed by atoms with Gasteiger partial charge in [0, 0.05) is 0 Å². The van der Waals surface area contributed by atoms with Crippen molar-refractivity contribution in [3.63, 3.8) is 0 Å². The van der Waals surface area contributed by atoms with E-state index in [-0.39, 0.29) is 0 Å². The molecule has 0 saturated heterocycles. The predicted molar refractivity (Wildman–Crippen MR) is 177 cm³/mol. The zero-order valence-corrected chi connectivity index (χ0v) is 28.9. The van der Waals surface area contributed by atoms with Gasteiger partial charge in [0.2, 0.25) is 0 Å². The monoisotopic (exact) mass is 545 g/mol. The van der Waals surface area contributed by atoms with Crippen LogP contribution in [0.1, 0.15) is 178 Å². The Kier molecular flexibility index (Phi) is 16.7. The summed E-state index contributed by atoms with van der Waals surface area (Å²) in [6, 6.07) is 0. The van der Waals surface area contributed by atoms with Crippen molar-refractivity contribution < 1.29 is 0 Å². The molecule has 39 heavy (non-hydrogen) atoms. The Hall–Kier alpha value is 0. The molecular formula is C39H76. The number of hydrogen-bond donors (Lipinski definition) is 0. The summed E-state index contributed by atoms with van der Waals surface area (Å²) in [6.45, 7) is 25.0. The molecule has 232 valence electrons. The fourth-order valence-electron chi connectivity index (χ4n) is 9.17. The Bertz CT molecular complexity index is 605. The highest BCUT2D eigenvalue weighted by Crippen LogP contribution is 2.66. The summed E-state index contributed by atoms with van der Waals surface area (Å²) in [7, 11) is 0. The lowest BCUT2D eigenvalue weighted by atomic mass is 9.76. The Morgan fingerprint density at radius 3 is 1.69 bits per heavy atom. The summed E-state index contributed by atoms with van der Waals surface area (Å²) in [5.74, 6) is 11.8. The van der Waals surface area contributed by atoms with Crippen LogP contribution < -0.4 is 0 Å². The van der Waals surface area contributed by atoms with Crippen molar-refractivity contribution in [1.29, 1.82) is 0 Å². The first-order valence-corrected chi connectivity index (χ1v) is 18.6. The van der Waals surface area contributed by atoms with Gasteiger partial charge in [-0.2, -0.15) is 0 Å². The predicted octanol–water partition coefficient (Wildman–Crippen LogP) is 13.2. The van der Waals surface area contributed by atoms with Gasteiger partial charge in [-0.25, -0.2) is 0 Å². The molecule has 2 aliphatic rings. The van der Waals surface area contributed by atoms with Crippen molar-refractivity contribution in [3.8, 4) is 0 Å². The second-order valence-corrected chi connectivity index (χ2v) is 16.0. The van der Waals surface area contributed by atoms with E-state index in [1.165, 1.54) is 103 Å². The molecule has 0 aromatic carbocycles. The molecule has 0 heteroatoms. The van der Waals surface area contributed by atoms with Crippen LogP contribution in [0.3, 0.4) is 0 Å². The molecule has 11 unspecified atom stereocenters. The van der Waals surface area contributed by atoms with E-state index < -0.39 is 0 Å². The zero-order chi connectivity index (χ0) is 28.9. The molecule has 0 N–H and O–H groups in total. The van der Waals surface area contributed by atoms with Crippen molar-refractivity contribution >= 4 is 0 Å². The minimum Gasteiger partial charge on any atom is -0.0654 e. The van der Waals surface area contributed by atoms with Gasteiger partial charge in [0.15, 0.2) is 0 Å². The molecule has 0 aromatic heterocycles. The molecule has 11 atom stereocenters. The second kappa shape index (κ2) is 18.5. The fraction of sp³-hybridized carbons (Fsp3) is 1.00. The minimum atomic E-state index is 0.875. The highest BCUT2D eigenvalue weighted by molar-refractivity contribution is 5.08. The van der Waals surface area contributed by atoms with Crippen molar-refractivity contribution in [3.05, 3.63) is 0 Å². The summed E-state index contributed by atoms with van der Waals surface area (Å²) in [4.78, 5) is 0. The van der Waals surface area contributed by atoms with Crippen LogP contribution in [-0.2, 0) is 0 Å². The molecule has 0 nitrogen and oxygen atoms in total. The van der Waals surface area contributed by atoms with Crippen molar-refractivity contribution in [1.82, 2.24) is 0 Å². The molecule has 2 aliphatic carbocycles. The van der Waals surface area contributed by atoms with Gasteiger partial charge < -0.3 is 0 Å². The van der Waals surface area contributed by atoms with Gasteiger partial charge >= 0.3 is 0 Å². The third-order valence-electron chi connectivity index (χ3n) is 12.2. The molecule has 0 bridgehead atoms. The van der Waals surface area contributed by atoms with Gasteiger partial charge in [0.05, 0.1) is 0 Å². The van der Waals surface area contributed by atoms with Gasteiger partial charge in [-0.05, 0) is 77.4 Å². The van der Waals surface area contributed by atoms with Crippen LogP contribution in [0.2, 0.25) is 0 Å². The molecule has 0 spiro atoms. The molecule has 0 amide bonds. The summed E-state index contributed by atoms with van der Waals surface area (Å²) >= 11 is 0. The zero-order valence-electron chi connectivity index (χ0n) is 28.9. The topological polar surface area (TPSA) is 0 Å². The summed E-state index contributed by atoms with van der Waals surface area (Å²) in [5.41, 5.74) is 0. The van der Waals surface area contributed by atoms with Crippen molar-refractivity contribution in [2.75, 3.05) is 0 Å². The summed E-state index contributed by atoms with van der Waals surface area (Å²) in [6.07, 6.45) is 24.7. The first kappa shape index (κ1) is 35.2. The lowest BCUT2D eigenvalue weighted by molar-refractivity contribution is 0.206. The fourth-order valence-corrected chi connectivity index (χ4v) is 9.17. The standard InChI is InChI=1S/C39H76/c1-11-13-14-17-26-32(8)38-34(10)39(38)37-27-36(37)33(9)29(5)23-19-20-25-31(7)35(21-12-2)30(6)24-18-15-16-22-28(3)4/h28-39H,11-27H2,1-10H3. The normalized spacial score (nSPS) is 29.2. The highest BCUT2D eigenvalue weighted by atomic mass is 14.7. The van der Waals surface area contributed by atoms with Crippen LogP contribution in [0.15, 0.2) is 0 Å². The quantitative estimate of drug-likeness (QED) is 0.106. The lowest BCUT2D eigenvalue weighted by Gasteiger charge is -2.30. The second-order valence-electron chi connectivity index (χ2n) is 16.0. The average Bonchev–Trinajstić information content (AvgIpc) is 3.81. The van der Waals surface area contributed by atoms with Crippen LogP contribution in [-0.4, -0.2) is 0 Å². The van der Waals surface area contributed by atoms with Crippen LogP contribution in [0.4, 0.5) is 0 Å². The Balaban J connectivity index is 1.64. The minimum absolute atomic E-state index is 0.875. The third kappa shape index (κ3) is 12.0. The van der Waals surface area contributed by atoms with E-state index in [0.29, 0.717) is 0 Å². The molecule has 0 heterocycles. The molecule has 2 fully saturated rings. The average molecular weight is 545 g/mol. The van der Waals surface area contributed by atoms with Crippen LogP contribution >= 0.6 is 0 Å². The van der Waals surface area contributed by atoms with Gasteiger partial charge in [-0.1, -0.05) is 172 Å². The van der Waals surface area contributed by atoms with Gasteiger partial charge in [-0.3, -0.25) is 0 Å². The van der Waals surface area contributed by atoms with Crippen molar-refractivity contribution in [2.45, 2.75) is 178 Å². The van der Waals surface area contributed by atoms with E-state index in [1.807, 2.05) is 0 Å². The summed E-state index contributed by atoms with van der Waals surface area (Å²) < 4.78 is 0.